The van der Waals surface area contributed by atoms with E-state index >= 15 is 0 Å². The van der Waals surface area contributed by atoms with Crippen LogP contribution in [0.1, 0.15) is 25.7 Å². The number of carboxylic acids is 1. The van der Waals surface area contributed by atoms with E-state index in [1.165, 1.54) is 6.42 Å². The molecule has 3 rings (SSSR count). The van der Waals surface area contributed by atoms with E-state index in [0.29, 0.717) is 0 Å². The molecule has 4 atom stereocenters. The SMILES string of the molecule is O=C([O-])[C@@H]1[C@H](C(=O)N2CCCCC2)[C@@H]2C=C[C@@H]1C2. The van der Waals surface area contributed by atoms with Gasteiger partial charge in [0.05, 0.1) is 5.92 Å². The Bertz CT molecular complexity index is 398. The predicted octanol–water partition coefficient (Wildman–Crippen LogP) is 0.187. The van der Waals surface area contributed by atoms with E-state index in [-0.39, 0.29) is 23.7 Å². The molecule has 0 spiro atoms. The van der Waals surface area contributed by atoms with Crippen molar-refractivity contribution in [3.8, 4) is 0 Å². The number of aliphatic carboxylic acids is 1. The first-order chi connectivity index (χ1) is 8.68. The Hall–Kier alpha value is -1.32. The van der Waals surface area contributed by atoms with Crippen LogP contribution in [0.4, 0.5) is 0 Å². The molecule has 3 aliphatic rings. The van der Waals surface area contributed by atoms with Crippen LogP contribution in [0.3, 0.4) is 0 Å². The Morgan fingerprint density at radius 2 is 1.61 bits per heavy atom. The first-order valence-electron chi connectivity index (χ1n) is 6.86. The van der Waals surface area contributed by atoms with Gasteiger partial charge < -0.3 is 14.8 Å². The van der Waals surface area contributed by atoms with E-state index in [2.05, 4.69) is 0 Å². The third-order valence-corrected chi connectivity index (χ3v) is 4.68. The van der Waals surface area contributed by atoms with E-state index in [1.54, 1.807) is 0 Å². The zero-order valence-electron chi connectivity index (χ0n) is 10.4. The molecule has 2 aliphatic carbocycles. The molecule has 2 fully saturated rings. The fourth-order valence-corrected chi connectivity index (χ4v) is 3.81. The van der Waals surface area contributed by atoms with Gasteiger partial charge in [-0.05, 0) is 37.5 Å². The minimum Gasteiger partial charge on any atom is -0.550 e. The summed E-state index contributed by atoms with van der Waals surface area (Å²) < 4.78 is 0. The number of amides is 1. The van der Waals surface area contributed by atoms with Gasteiger partial charge in [0.2, 0.25) is 5.91 Å². The molecule has 1 saturated carbocycles. The summed E-state index contributed by atoms with van der Waals surface area (Å²) >= 11 is 0. The number of hydrogen-bond donors (Lipinski definition) is 0. The van der Waals surface area contributed by atoms with Crippen LogP contribution in [0, 0.1) is 23.7 Å². The van der Waals surface area contributed by atoms with Crippen molar-refractivity contribution in [2.75, 3.05) is 13.1 Å². The van der Waals surface area contributed by atoms with E-state index < -0.39 is 11.9 Å². The van der Waals surface area contributed by atoms with E-state index in [4.69, 9.17) is 0 Å². The summed E-state index contributed by atoms with van der Waals surface area (Å²) in [5, 5.41) is 11.3. The number of carbonyl (C=O) groups is 2. The first kappa shape index (κ1) is 11.8. The highest BCUT2D eigenvalue weighted by Crippen LogP contribution is 2.48. The lowest BCUT2D eigenvalue weighted by Crippen LogP contribution is -2.47. The molecule has 1 saturated heterocycles. The molecule has 0 unspecified atom stereocenters. The highest BCUT2D eigenvalue weighted by Gasteiger charge is 2.49. The topological polar surface area (TPSA) is 60.4 Å². The Morgan fingerprint density at radius 3 is 2.22 bits per heavy atom. The fourth-order valence-electron chi connectivity index (χ4n) is 3.81. The third kappa shape index (κ3) is 1.74. The summed E-state index contributed by atoms with van der Waals surface area (Å²) in [6.07, 6.45) is 8.03. The number of piperidine rings is 1. The number of allylic oxidation sites excluding steroid dienone is 2. The van der Waals surface area contributed by atoms with Gasteiger partial charge in [-0.25, -0.2) is 0 Å². The van der Waals surface area contributed by atoms with Gasteiger partial charge in [0.25, 0.3) is 0 Å². The molecule has 1 aliphatic heterocycles. The highest BCUT2D eigenvalue weighted by atomic mass is 16.4. The van der Waals surface area contributed by atoms with Crippen LogP contribution in [0.15, 0.2) is 12.2 Å². The summed E-state index contributed by atoms with van der Waals surface area (Å²) in [4.78, 5) is 25.6. The molecule has 4 heteroatoms. The highest BCUT2D eigenvalue weighted by molar-refractivity contribution is 5.86. The molecule has 0 N–H and O–H groups in total. The maximum atomic E-state index is 12.5. The average molecular weight is 248 g/mol. The van der Waals surface area contributed by atoms with Crippen molar-refractivity contribution in [2.24, 2.45) is 23.7 Å². The average Bonchev–Trinajstić information content (AvgIpc) is 2.99. The summed E-state index contributed by atoms with van der Waals surface area (Å²) in [7, 11) is 0. The molecule has 0 aromatic heterocycles. The summed E-state index contributed by atoms with van der Waals surface area (Å²) in [5.41, 5.74) is 0. The first-order valence-corrected chi connectivity index (χ1v) is 6.86. The minimum atomic E-state index is -1.05. The Morgan fingerprint density at radius 1 is 1.00 bits per heavy atom. The van der Waals surface area contributed by atoms with Crippen molar-refractivity contribution in [1.29, 1.82) is 0 Å². The Kier molecular flexibility index (Phi) is 2.88. The number of hydrogen-bond acceptors (Lipinski definition) is 3. The number of rotatable bonds is 2. The largest absolute Gasteiger partial charge is 0.550 e. The maximum absolute atomic E-state index is 12.5. The second-order valence-corrected chi connectivity index (χ2v) is 5.70. The fraction of sp³-hybridized carbons (Fsp3) is 0.714. The van der Waals surface area contributed by atoms with Crippen LogP contribution >= 0.6 is 0 Å². The Balaban J connectivity index is 1.79. The second-order valence-electron chi connectivity index (χ2n) is 5.70. The summed E-state index contributed by atoms with van der Waals surface area (Å²) in [6, 6.07) is 0. The lowest BCUT2D eigenvalue weighted by atomic mass is 9.82. The van der Waals surface area contributed by atoms with Gasteiger partial charge in [-0.15, -0.1) is 0 Å². The molecule has 1 heterocycles. The van der Waals surface area contributed by atoms with Gasteiger partial charge in [-0.1, -0.05) is 12.2 Å². The van der Waals surface area contributed by atoms with Gasteiger partial charge in [0, 0.05) is 25.0 Å². The standard InChI is InChI=1S/C14H19NO3/c16-13(15-6-2-1-3-7-15)11-9-4-5-10(8-9)12(11)14(17)18/h4-5,9-12H,1-3,6-8H2,(H,17,18)/p-1/t9-,10-,11-,12+/m1/s1. The number of likely N-dealkylation sites (tertiary alicyclic amines) is 1. The quantitative estimate of drug-likeness (QED) is 0.655. The maximum Gasteiger partial charge on any atom is 0.226 e. The van der Waals surface area contributed by atoms with Crippen LogP contribution in [-0.4, -0.2) is 29.9 Å². The zero-order valence-corrected chi connectivity index (χ0v) is 10.4. The Labute approximate surface area is 107 Å². The van der Waals surface area contributed by atoms with Crippen molar-refractivity contribution in [3.63, 3.8) is 0 Å². The summed E-state index contributed by atoms with van der Waals surface area (Å²) in [5.74, 6) is -1.86. The van der Waals surface area contributed by atoms with Crippen molar-refractivity contribution in [3.05, 3.63) is 12.2 Å². The van der Waals surface area contributed by atoms with Crippen LogP contribution in [0.25, 0.3) is 0 Å². The van der Waals surface area contributed by atoms with Crippen LogP contribution in [-0.2, 0) is 9.59 Å². The molecule has 0 aromatic carbocycles. The molecule has 0 aromatic rings. The predicted molar refractivity (Wildman–Crippen MR) is 63.2 cm³/mol. The molecule has 4 nitrogen and oxygen atoms in total. The molecule has 98 valence electrons. The van der Waals surface area contributed by atoms with Gasteiger partial charge in [0.1, 0.15) is 0 Å². The molecule has 1 amide bonds. The van der Waals surface area contributed by atoms with Crippen LogP contribution in [0.5, 0.6) is 0 Å². The number of nitrogens with zero attached hydrogens (tertiary/aromatic N) is 1. The normalized spacial score (nSPS) is 38.1. The van der Waals surface area contributed by atoms with Gasteiger partial charge >= 0.3 is 0 Å². The molecular formula is C14H18NO3-. The van der Waals surface area contributed by atoms with Crippen LogP contribution in [0.2, 0.25) is 0 Å². The number of carbonyl (C=O) groups excluding carboxylic acids is 2. The monoisotopic (exact) mass is 248 g/mol. The van der Waals surface area contributed by atoms with Crippen LogP contribution < -0.4 is 5.11 Å². The van der Waals surface area contributed by atoms with E-state index in [0.717, 1.165) is 32.4 Å². The number of fused-ring (bicyclic) bond motifs is 2. The summed E-state index contributed by atoms with van der Waals surface area (Å²) in [6.45, 7) is 1.58. The van der Waals surface area contributed by atoms with E-state index in [9.17, 15) is 14.7 Å². The third-order valence-electron chi connectivity index (χ3n) is 4.68. The van der Waals surface area contributed by atoms with Crippen molar-refractivity contribution in [2.45, 2.75) is 25.7 Å². The van der Waals surface area contributed by atoms with Gasteiger partial charge in [-0.2, -0.15) is 0 Å². The molecule has 2 bridgehead atoms. The van der Waals surface area contributed by atoms with Gasteiger partial charge in [-0.3, -0.25) is 4.79 Å². The lowest BCUT2D eigenvalue weighted by Gasteiger charge is -2.34. The van der Waals surface area contributed by atoms with Gasteiger partial charge in [0.15, 0.2) is 0 Å². The molecular weight excluding hydrogens is 230 g/mol. The molecule has 18 heavy (non-hydrogen) atoms. The lowest BCUT2D eigenvalue weighted by molar-refractivity contribution is -0.313. The molecule has 0 radical (unpaired) electrons. The smallest absolute Gasteiger partial charge is 0.226 e. The van der Waals surface area contributed by atoms with Crippen molar-refractivity contribution >= 4 is 11.9 Å². The van der Waals surface area contributed by atoms with Crippen molar-refractivity contribution in [1.82, 2.24) is 4.90 Å². The minimum absolute atomic E-state index is 0.0127. The number of carboxylic acid groups (broad SMARTS) is 1. The second kappa shape index (κ2) is 4.41. The van der Waals surface area contributed by atoms with Crippen molar-refractivity contribution < 1.29 is 14.7 Å². The van der Waals surface area contributed by atoms with E-state index in [1.807, 2.05) is 17.1 Å². The zero-order chi connectivity index (χ0) is 12.7.